The van der Waals surface area contributed by atoms with Gasteiger partial charge in [0.15, 0.2) is 0 Å². The molecule has 0 bridgehead atoms. The van der Waals surface area contributed by atoms with Crippen LogP contribution in [0.4, 0.5) is 5.69 Å². The first-order valence-corrected chi connectivity index (χ1v) is 10.2. The number of methoxy groups -OCH3 is 2. The predicted octanol–water partition coefficient (Wildman–Crippen LogP) is 4.68. The molecule has 6 nitrogen and oxygen atoms in total. The van der Waals surface area contributed by atoms with E-state index in [1.54, 1.807) is 26.4 Å². The van der Waals surface area contributed by atoms with E-state index in [1.807, 2.05) is 49.4 Å². The van der Waals surface area contributed by atoms with Crippen LogP contribution in [0.25, 0.3) is 11.3 Å². The molecular weight excluding hydrogens is 398 g/mol. The number of carbonyl (C=O) groups excluding carboxylic acids is 1. The van der Waals surface area contributed by atoms with E-state index in [2.05, 4.69) is 16.4 Å². The van der Waals surface area contributed by atoms with E-state index in [9.17, 15) is 10.1 Å². The second kappa shape index (κ2) is 9.81. The van der Waals surface area contributed by atoms with Crippen LogP contribution in [0.3, 0.4) is 0 Å². The van der Waals surface area contributed by atoms with Gasteiger partial charge in [0.05, 0.1) is 36.9 Å². The van der Waals surface area contributed by atoms with Crippen LogP contribution in [0.2, 0.25) is 0 Å². The molecule has 3 rings (SSSR count). The van der Waals surface area contributed by atoms with E-state index in [-0.39, 0.29) is 11.7 Å². The van der Waals surface area contributed by atoms with Gasteiger partial charge in [-0.1, -0.05) is 30.0 Å². The van der Waals surface area contributed by atoms with E-state index in [0.29, 0.717) is 27.7 Å². The van der Waals surface area contributed by atoms with Gasteiger partial charge in [-0.05, 0) is 48.9 Å². The molecule has 0 atom stereocenters. The minimum atomic E-state index is -0.207. The van der Waals surface area contributed by atoms with Gasteiger partial charge in [0.1, 0.15) is 22.6 Å². The van der Waals surface area contributed by atoms with E-state index < -0.39 is 0 Å². The van der Waals surface area contributed by atoms with Crippen molar-refractivity contribution in [1.82, 2.24) is 4.98 Å². The molecule has 3 aromatic rings. The summed E-state index contributed by atoms with van der Waals surface area (Å²) < 4.78 is 10.6. The van der Waals surface area contributed by atoms with Crippen molar-refractivity contribution in [3.8, 4) is 28.8 Å². The lowest BCUT2D eigenvalue weighted by Crippen LogP contribution is -2.15. The third-order valence-electron chi connectivity index (χ3n) is 4.32. The maximum absolute atomic E-state index is 12.5. The zero-order valence-corrected chi connectivity index (χ0v) is 17.7. The van der Waals surface area contributed by atoms with Crippen LogP contribution in [0.5, 0.6) is 11.5 Å². The molecule has 1 N–H and O–H groups in total. The first kappa shape index (κ1) is 21.2. The van der Waals surface area contributed by atoms with Crippen molar-refractivity contribution in [3.63, 3.8) is 0 Å². The second-order valence-corrected chi connectivity index (χ2v) is 7.40. The number of carbonyl (C=O) groups is 1. The Hall–Kier alpha value is -3.50. The number of rotatable bonds is 7. The molecule has 0 radical (unpaired) electrons. The third-order valence-corrected chi connectivity index (χ3v) is 5.31. The molecule has 0 aliphatic heterocycles. The first-order valence-electron chi connectivity index (χ1n) is 9.17. The van der Waals surface area contributed by atoms with Gasteiger partial charge in [-0.2, -0.15) is 5.26 Å². The molecule has 0 unspecified atom stereocenters. The van der Waals surface area contributed by atoms with Gasteiger partial charge < -0.3 is 14.8 Å². The standard InChI is InChI=1S/C23H21N3O3S/c1-15-7-10-21(29-3)20(11-15)25-22(27)14-30-23-17(13-24)8-9-19(26-23)16-5-4-6-18(12-16)28-2/h4-12H,14H2,1-3H3,(H,25,27). The van der Waals surface area contributed by atoms with Gasteiger partial charge in [-0.25, -0.2) is 4.98 Å². The average molecular weight is 420 g/mol. The van der Waals surface area contributed by atoms with Crippen LogP contribution in [-0.4, -0.2) is 30.9 Å². The topological polar surface area (TPSA) is 84.2 Å². The van der Waals surface area contributed by atoms with Crippen LogP contribution in [0, 0.1) is 18.3 Å². The number of pyridine rings is 1. The van der Waals surface area contributed by atoms with Crippen LogP contribution in [-0.2, 0) is 4.79 Å². The zero-order valence-electron chi connectivity index (χ0n) is 16.9. The second-order valence-electron chi connectivity index (χ2n) is 6.43. The number of nitriles is 1. The number of amides is 1. The summed E-state index contributed by atoms with van der Waals surface area (Å²) in [6.07, 6.45) is 0. The average Bonchev–Trinajstić information content (AvgIpc) is 2.77. The molecule has 7 heteroatoms. The highest BCUT2D eigenvalue weighted by molar-refractivity contribution is 8.00. The lowest BCUT2D eigenvalue weighted by molar-refractivity contribution is -0.113. The molecule has 1 heterocycles. The Bertz CT molecular complexity index is 1110. The summed E-state index contributed by atoms with van der Waals surface area (Å²) in [5.41, 5.74) is 3.62. The van der Waals surface area contributed by atoms with Crippen LogP contribution in [0.15, 0.2) is 59.6 Å². The number of benzene rings is 2. The van der Waals surface area contributed by atoms with Crippen molar-refractivity contribution in [2.24, 2.45) is 0 Å². The lowest BCUT2D eigenvalue weighted by Gasteiger charge is -2.11. The fraction of sp³-hybridized carbons (Fsp3) is 0.174. The molecule has 0 fully saturated rings. The summed E-state index contributed by atoms with van der Waals surface area (Å²) in [5.74, 6) is 1.22. The summed E-state index contributed by atoms with van der Waals surface area (Å²) in [7, 11) is 3.16. The number of thioether (sulfide) groups is 1. The molecule has 0 spiro atoms. The van der Waals surface area contributed by atoms with Crippen molar-refractivity contribution in [2.75, 3.05) is 25.3 Å². The van der Waals surface area contributed by atoms with Crippen molar-refractivity contribution >= 4 is 23.4 Å². The van der Waals surface area contributed by atoms with Gasteiger partial charge in [0, 0.05) is 5.56 Å². The first-order chi connectivity index (χ1) is 14.5. The van der Waals surface area contributed by atoms with Gasteiger partial charge in [0.25, 0.3) is 0 Å². The molecule has 2 aromatic carbocycles. The minimum absolute atomic E-state index is 0.111. The molecule has 30 heavy (non-hydrogen) atoms. The van der Waals surface area contributed by atoms with Crippen molar-refractivity contribution in [3.05, 3.63) is 65.7 Å². The van der Waals surface area contributed by atoms with Crippen molar-refractivity contribution < 1.29 is 14.3 Å². The molecule has 1 amide bonds. The molecule has 1 aromatic heterocycles. The van der Waals surface area contributed by atoms with Gasteiger partial charge in [-0.3, -0.25) is 4.79 Å². The number of ether oxygens (including phenoxy) is 2. The zero-order chi connectivity index (χ0) is 21.5. The number of nitrogens with one attached hydrogen (secondary N) is 1. The summed E-state index contributed by atoms with van der Waals surface area (Å²) in [6.45, 7) is 1.94. The molecule has 0 saturated carbocycles. The van der Waals surface area contributed by atoms with Gasteiger partial charge in [0.2, 0.25) is 5.91 Å². The van der Waals surface area contributed by atoms with Crippen LogP contribution < -0.4 is 14.8 Å². The summed E-state index contributed by atoms with van der Waals surface area (Å²) in [4.78, 5) is 17.1. The highest BCUT2D eigenvalue weighted by Gasteiger charge is 2.13. The summed E-state index contributed by atoms with van der Waals surface area (Å²) in [6, 6.07) is 18.7. The Morgan fingerprint density at radius 2 is 1.97 bits per heavy atom. The van der Waals surface area contributed by atoms with Crippen LogP contribution >= 0.6 is 11.8 Å². The number of nitrogens with zero attached hydrogens (tertiary/aromatic N) is 2. The Labute approximate surface area is 179 Å². The summed E-state index contributed by atoms with van der Waals surface area (Å²) in [5, 5.41) is 12.8. The Kier molecular flexibility index (Phi) is 6.94. The monoisotopic (exact) mass is 419 g/mol. The highest BCUT2D eigenvalue weighted by Crippen LogP contribution is 2.28. The summed E-state index contributed by atoms with van der Waals surface area (Å²) >= 11 is 1.22. The number of aryl methyl sites for hydroxylation is 1. The smallest absolute Gasteiger partial charge is 0.234 e. The number of aromatic nitrogens is 1. The SMILES string of the molecule is COc1cccc(-c2ccc(C#N)c(SCC(=O)Nc3cc(C)ccc3OC)n2)c1. The van der Waals surface area contributed by atoms with Gasteiger partial charge in [-0.15, -0.1) is 0 Å². The fourth-order valence-corrected chi connectivity index (χ4v) is 3.59. The Morgan fingerprint density at radius 3 is 2.70 bits per heavy atom. The Balaban J connectivity index is 1.76. The van der Waals surface area contributed by atoms with E-state index in [4.69, 9.17) is 9.47 Å². The predicted molar refractivity (Wildman–Crippen MR) is 118 cm³/mol. The lowest BCUT2D eigenvalue weighted by atomic mass is 10.1. The maximum Gasteiger partial charge on any atom is 0.234 e. The molecular formula is C23H21N3O3S. The number of hydrogen-bond acceptors (Lipinski definition) is 6. The Morgan fingerprint density at radius 1 is 1.13 bits per heavy atom. The molecule has 0 aliphatic rings. The molecule has 0 saturated heterocycles. The van der Waals surface area contributed by atoms with Gasteiger partial charge >= 0.3 is 0 Å². The minimum Gasteiger partial charge on any atom is -0.497 e. The number of anilines is 1. The fourth-order valence-electron chi connectivity index (χ4n) is 2.82. The van der Waals surface area contributed by atoms with E-state index in [1.165, 1.54) is 11.8 Å². The normalized spacial score (nSPS) is 10.2. The quantitative estimate of drug-likeness (QED) is 0.560. The molecule has 152 valence electrons. The largest absolute Gasteiger partial charge is 0.497 e. The van der Waals surface area contributed by atoms with Crippen LogP contribution in [0.1, 0.15) is 11.1 Å². The maximum atomic E-state index is 12.5. The molecule has 0 aliphatic carbocycles. The van der Waals surface area contributed by atoms with E-state index >= 15 is 0 Å². The van der Waals surface area contributed by atoms with E-state index in [0.717, 1.165) is 16.9 Å². The van der Waals surface area contributed by atoms with Crippen molar-refractivity contribution in [2.45, 2.75) is 11.9 Å². The third kappa shape index (κ3) is 5.10. The number of hydrogen-bond donors (Lipinski definition) is 1. The van der Waals surface area contributed by atoms with Crippen molar-refractivity contribution in [1.29, 1.82) is 5.26 Å². The highest BCUT2D eigenvalue weighted by atomic mass is 32.2.